The summed E-state index contributed by atoms with van der Waals surface area (Å²) >= 11 is 0. The molecule has 0 spiro atoms. The largest absolute Gasteiger partial charge is 0.324 e. The van der Waals surface area contributed by atoms with Gasteiger partial charge in [0.2, 0.25) is 5.91 Å². The maximum absolute atomic E-state index is 12.1. The molecule has 1 aromatic heterocycles. The average molecular weight is 246 g/mol. The fourth-order valence-electron chi connectivity index (χ4n) is 1.85. The average Bonchev–Trinajstić information content (AvgIpc) is 2.85. The van der Waals surface area contributed by atoms with Crippen LogP contribution in [0, 0.1) is 0 Å². The van der Waals surface area contributed by atoms with E-state index in [1.165, 1.54) is 0 Å². The first-order chi connectivity index (χ1) is 8.59. The third kappa shape index (κ3) is 2.22. The molecule has 1 amide bonds. The number of hydrogen-bond donors (Lipinski definition) is 3. The van der Waals surface area contributed by atoms with Gasteiger partial charge in [0.1, 0.15) is 0 Å². The van der Waals surface area contributed by atoms with Crippen molar-refractivity contribution >= 4 is 22.5 Å². The number of rotatable bonds is 4. The first-order valence-electron chi connectivity index (χ1n) is 6.12. The van der Waals surface area contributed by atoms with E-state index in [-0.39, 0.29) is 5.91 Å². The molecule has 1 aromatic carbocycles. The number of nitrogens with two attached hydrogens (primary N) is 1. The lowest BCUT2D eigenvalue weighted by Gasteiger charge is -2.25. The lowest BCUT2D eigenvalue weighted by molar-refractivity contribution is -0.121. The molecule has 0 unspecified atom stereocenters. The highest BCUT2D eigenvalue weighted by Gasteiger charge is 2.29. The number of H-pyrrole nitrogens is 1. The van der Waals surface area contributed by atoms with Crippen molar-refractivity contribution < 1.29 is 4.79 Å². The maximum atomic E-state index is 12.1. The monoisotopic (exact) mass is 246 g/mol. The molecule has 0 aliphatic heterocycles. The molecule has 18 heavy (non-hydrogen) atoms. The summed E-state index contributed by atoms with van der Waals surface area (Å²) < 4.78 is 0. The van der Waals surface area contributed by atoms with Crippen LogP contribution in [0.3, 0.4) is 0 Å². The number of hydrogen-bond acceptors (Lipinski definition) is 3. The molecule has 0 aliphatic rings. The number of amides is 1. The summed E-state index contributed by atoms with van der Waals surface area (Å²) in [4.78, 5) is 12.1. The van der Waals surface area contributed by atoms with E-state index < -0.39 is 5.54 Å². The Morgan fingerprint density at radius 3 is 2.83 bits per heavy atom. The fraction of sp³-hybridized carbons (Fsp3) is 0.385. The molecular weight excluding hydrogens is 228 g/mol. The van der Waals surface area contributed by atoms with Crippen LogP contribution in [0.5, 0.6) is 0 Å². The standard InChI is InChI=1S/C13H18N4O/c1-3-13(14,4-2)12(18)16-10-5-6-11-9(7-10)8-15-17-11/h5-8H,3-4,14H2,1-2H3,(H,15,17)(H,16,18). The van der Waals surface area contributed by atoms with Crippen LogP contribution in [-0.4, -0.2) is 21.6 Å². The van der Waals surface area contributed by atoms with Gasteiger partial charge in [0, 0.05) is 11.1 Å². The van der Waals surface area contributed by atoms with Gasteiger partial charge in [0.15, 0.2) is 0 Å². The van der Waals surface area contributed by atoms with Gasteiger partial charge in [-0.3, -0.25) is 9.89 Å². The molecule has 0 saturated heterocycles. The minimum absolute atomic E-state index is 0.143. The number of benzene rings is 1. The molecule has 2 rings (SSSR count). The van der Waals surface area contributed by atoms with Crippen molar-refractivity contribution in [3.8, 4) is 0 Å². The highest BCUT2D eigenvalue weighted by molar-refractivity contribution is 5.99. The van der Waals surface area contributed by atoms with E-state index >= 15 is 0 Å². The lowest BCUT2D eigenvalue weighted by Crippen LogP contribution is -2.50. The Morgan fingerprint density at radius 2 is 2.17 bits per heavy atom. The number of carbonyl (C=O) groups excluding carboxylic acids is 1. The minimum Gasteiger partial charge on any atom is -0.324 e. The Kier molecular flexibility index (Phi) is 3.34. The van der Waals surface area contributed by atoms with E-state index in [1.54, 1.807) is 6.20 Å². The van der Waals surface area contributed by atoms with E-state index in [9.17, 15) is 4.79 Å². The highest BCUT2D eigenvalue weighted by Crippen LogP contribution is 2.19. The molecular formula is C13H18N4O. The zero-order valence-corrected chi connectivity index (χ0v) is 10.7. The van der Waals surface area contributed by atoms with Crippen LogP contribution in [0.4, 0.5) is 5.69 Å². The van der Waals surface area contributed by atoms with Gasteiger partial charge in [0.05, 0.1) is 17.3 Å². The van der Waals surface area contributed by atoms with E-state index in [0.717, 1.165) is 16.6 Å². The number of anilines is 1. The number of carbonyl (C=O) groups is 1. The summed E-state index contributed by atoms with van der Waals surface area (Å²) in [6.07, 6.45) is 2.95. The second-order valence-corrected chi connectivity index (χ2v) is 4.49. The molecule has 2 aromatic rings. The number of nitrogens with one attached hydrogen (secondary N) is 2. The van der Waals surface area contributed by atoms with Gasteiger partial charge >= 0.3 is 0 Å². The van der Waals surface area contributed by atoms with Crippen molar-refractivity contribution in [3.05, 3.63) is 24.4 Å². The highest BCUT2D eigenvalue weighted by atomic mass is 16.2. The maximum Gasteiger partial charge on any atom is 0.244 e. The second-order valence-electron chi connectivity index (χ2n) is 4.49. The normalized spacial score (nSPS) is 11.7. The third-order valence-electron chi connectivity index (χ3n) is 3.41. The van der Waals surface area contributed by atoms with E-state index in [4.69, 9.17) is 5.73 Å². The first kappa shape index (κ1) is 12.6. The summed E-state index contributed by atoms with van der Waals surface area (Å²) in [6.45, 7) is 3.84. The van der Waals surface area contributed by atoms with Crippen molar-refractivity contribution in [1.29, 1.82) is 0 Å². The fourth-order valence-corrected chi connectivity index (χ4v) is 1.85. The Morgan fingerprint density at radius 1 is 1.44 bits per heavy atom. The molecule has 0 aliphatic carbocycles. The molecule has 0 fully saturated rings. The third-order valence-corrected chi connectivity index (χ3v) is 3.41. The van der Waals surface area contributed by atoms with Crippen molar-refractivity contribution in [2.75, 3.05) is 5.32 Å². The van der Waals surface area contributed by atoms with Gasteiger partial charge in [-0.25, -0.2) is 0 Å². The number of fused-ring (bicyclic) bond motifs is 1. The Labute approximate surface area is 106 Å². The van der Waals surface area contributed by atoms with Crippen LogP contribution < -0.4 is 11.1 Å². The summed E-state index contributed by atoms with van der Waals surface area (Å²) in [7, 11) is 0. The first-order valence-corrected chi connectivity index (χ1v) is 6.12. The summed E-state index contributed by atoms with van der Waals surface area (Å²) in [5, 5.41) is 10.6. The van der Waals surface area contributed by atoms with Crippen LogP contribution in [-0.2, 0) is 4.79 Å². The Hall–Kier alpha value is -1.88. The number of nitrogens with zero attached hydrogens (tertiary/aromatic N) is 1. The van der Waals surface area contributed by atoms with Gasteiger partial charge in [-0.2, -0.15) is 5.10 Å². The number of aromatic nitrogens is 2. The van der Waals surface area contributed by atoms with Crippen LogP contribution in [0.15, 0.2) is 24.4 Å². The van der Waals surface area contributed by atoms with Gasteiger partial charge in [-0.15, -0.1) is 0 Å². The summed E-state index contributed by atoms with van der Waals surface area (Å²) in [6, 6.07) is 5.60. The van der Waals surface area contributed by atoms with Crippen molar-refractivity contribution in [2.45, 2.75) is 32.2 Å². The molecule has 0 radical (unpaired) electrons. The summed E-state index contributed by atoms with van der Waals surface area (Å²) in [5.74, 6) is -0.143. The topological polar surface area (TPSA) is 83.8 Å². The van der Waals surface area contributed by atoms with Gasteiger partial charge < -0.3 is 11.1 Å². The molecule has 0 bridgehead atoms. The minimum atomic E-state index is -0.800. The van der Waals surface area contributed by atoms with Gasteiger partial charge in [0.25, 0.3) is 0 Å². The molecule has 0 atom stereocenters. The molecule has 0 saturated carbocycles. The summed E-state index contributed by atoms with van der Waals surface area (Å²) in [5.41, 5.74) is 6.93. The van der Waals surface area contributed by atoms with E-state index in [1.807, 2.05) is 32.0 Å². The second kappa shape index (κ2) is 4.78. The predicted molar refractivity (Wildman–Crippen MR) is 72.2 cm³/mol. The quantitative estimate of drug-likeness (QED) is 0.771. The SMILES string of the molecule is CCC(N)(CC)C(=O)Nc1ccc2[nH]ncc2c1. The van der Waals surface area contributed by atoms with Crippen molar-refractivity contribution in [1.82, 2.24) is 10.2 Å². The Balaban J connectivity index is 2.20. The van der Waals surface area contributed by atoms with Crippen LogP contribution in [0.1, 0.15) is 26.7 Å². The van der Waals surface area contributed by atoms with Gasteiger partial charge in [-0.1, -0.05) is 13.8 Å². The predicted octanol–water partition coefficient (Wildman–Crippen LogP) is 2.02. The van der Waals surface area contributed by atoms with Crippen LogP contribution in [0.25, 0.3) is 10.9 Å². The lowest BCUT2D eigenvalue weighted by atomic mass is 9.93. The van der Waals surface area contributed by atoms with Crippen LogP contribution in [0.2, 0.25) is 0 Å². The molecule has 5 nitrogen and oxygen atoms in total. The van der Waals surface area contributed by atoms with Crippen LogP contribution >= 0.6 is 0 Å². The molecule has 5 heteroatoms. The van der Waals surface area contributed by atoms with Gasteiger partial charge in [-0.05, 0) is 31.0 Å². The molecule has 1 heterocycles. The van der Waals surface area contributed by atoms with E-state index in [2.05, 4.69) is 15.5 Å². The van der Waals surface area contributed by atoms with E-state index in [0.29, 0.717) is 12.8 Å². The smallest absolute Gasteiger partial charge is 0.244 e. The molecule has 96 valence electrons. The molecule has 4 N–H and O–H groups in total. The zero-order valence-electron chi connectivity index (χ0n) is 10.7. The number of aromatic amines is 1. The Bertz CT molecular complexity index is 557. The van der Waals surface area contributed by atoms with Crippen molar-refractivity contribution in [2.24, 2.45) is 5.73 Å². The van der Waals surface area contributed by atoms with Crippen molar-refractivity contribution in [3.63, 3.8) is 0 Å². The zero-order chi connectivity index (χ0) is 13.2.